The summed E-state index contributed by atoms with van der Waals surface area (Å²) in [6.45, 7) is 7.67. The van der Waals surface area contributed by atoms with Gasteiger partial charge >= 0.3 is 0 Å². The number of hydrogen-bond acceptors (Lipinski definition) is 5. The number of hydrogen-bond donors (Lipinski definition) is 2. The Balaban J connectivity index is 1.05. The molecule has 0 amide bonds. The minimum absolute atomic E-state index is 0.565. The number of H-pyrrole nitrogens is 1. The van der Waals surface area contributed by atoms with Gasteiger partial charge in [0.1, 0.15) is 5.82 Å². The van der Waals surface area contributed by atoms with Crippen molar-refractivity contribution in [3.63, 3.8) is 0 Å². The molecule has 2 saturated heterocycles. The summed E-state index contributed by atoms with van der Waals surface area (Å²) in [6, 6.07) is 13.3. The van der Waals surface area contributed by atoms with Crippen molar-refractivity contribution < 1.29 is 4.74 Å². The molecule has 2 aromatic heterocycles. The van der Waals surface area contributed by atoms with E-state index in [1.807, 2.05) is 0 Å². The molecule has 2 unspecified atom stereocenters. The number of piperidine rings is 1. The molecule has 3 fully saturated rings. The Morgan fingerprint density at radius 1 is 1.07 bits per heavy atom. The highest BCUT2D eigenvalue weighted by molar-refractivity contribution is 5.85. The number of anilines is 1. The molecule has 6 heteroatoms. The van der Waals surface area contributed by atoms with Crippen molar-refractivity contribution in [2.75, 3.05) is 38.2 Å². The first-order valence-corrected chi connectivity index (χ1v) is 11.2. The number of rotatable bonds is 5. The Morgan fingerprint density at radius 2 is 1.90 bits per heavy atom. The van der Waals surface area contributed by atoms with E-state index in [0.717, 1.165) is 53.6 Å². The first-order valence-electron chi connectivity index (χ1n) is 11.2. The number of ether oxygens (including phenoxy) is 1. The summed E-state index contributed by atoms with van der Waals surface area (Å²) in [5.74, 6) is 3.26. The average Bonchev–Trinajstić information content (AvgIpc) is 3.08. The first kappa shape index (κ1) is 18.3. The average molecular weight is 404 g/mol. The maximum atomic E-state index is 5.49. The summed E-state index contributed by atoms with van der Waals surface area (Å²) < 4.78 is 5.49. The number of aromatic nitrogens is 3. The van der Waals surface area contributed by atoms with Crippen molar-refractivity contribution in [2.24, 2.45) is 17.8 Å². The van der Waals surface area contributed by atoms with E-state index in [0.29, 0.717) is 6.04 Å². The SMILES string of the molecule is Cc1cc2cc(-c3ccc(NC4C5CN(CC6CCOCC6)CC54)nn3)ccc2[nH]1. The van der Waals surface area contributed by atoms with Gasteiger partial charge in [-0.15, -0.1) is 10.2 Å². The summed E-state index contributed by atoms with van der Waals surface area (Å²) in [4.78, 5) is 6.03. The van der Waals surface area contributed by atoms with E-state index in [-0.39, 0.29) is 0 Å². The lowest BCUT2D eigenvalue weighted by Crippen LogP contribution is -2.34. The molecule has 3 aliphatic rings. The normalized spacial score (nSPS) is 26.8. The van der Waals surface area contributed by atoms with E-state index in [2.05, 4.69) is 68.7 Å². The van der Waals surface area contributed by atoms with E-state index in [1.54, 1.807) is 0 Å². The van der Waals surface area contributed by atoms with E-state index in [1.165, 1.54) is 43.6 Å². The predicted molar refractivity (Wildman–Crippen MR) is 118 cm³/mol. The van der Waals surface area contributed by atoms with Crippen LogP contribution in [0.3, 0.4) is 0 Å². The first-order chi connectivity index (χ1) is 14.7. The minimum atomic E-state index is 0.565. The smallest absolute Gasteiger partial charge is 0.148 e. The molecule has 156 valence electrons. The van der Waals surface area contributed by atoms with Crippen LogP contribution in [0.4, 0.5) is 5.82 Å². The number of benzene rings is 1. The van der Waals surface area contributed by atoms with Gasteiger partial charge in [-0.25, -0.2) is 0 Å². The van der Waals surface area contributed by atoms with Gasteiger partial charge in [-0.2, -0.15) is 0 Å². The van der Waals surface area contributed by atoms with Crippen molar-refractivity contribution in [1.82, 2.24) is 20.1 Å². The summed E-state index contributed by atoms with van der Waals surface area (Å²) in [5.41, 5.74) is 4.36. The molecule has 6 rings (SSSR count). The Bertz CT molecular complexity index is 1030. The molecule has 1 saturated carbocycles. The van der Waals surface area contributed by atoms with Gasteiger partial charge in [0.15, 0.2) is 0 Å². The Morgan fingerprint density at radius 3 is 2.67 bits per heavy atom. The predicted octanol–water partition coefficient (Wildman–Crippen LogP) is 3.70. The molecule has 0 radical (unpaired) electrons. The minimum Gasteiger partial charge on any atom is -0.381 e. The second kappa shape index (κ2) is 7.36. The van der Waals surface area contributed by atoms with Crippen molar-refractivity contribution in [1.29, 1.82) is 0 Å². The molecule has 0 spiro atoms. The highest BCUT2D eigenvalue weighted by Gasteiger charge is 2.55. The quantitative estimate of drug-likeness (QED) is 0.680. The molecular weight excluding hydrogens is 374 g/mol. The second-order valence-corrected chi connectivity index (χ2v) is 9.33. The van der Waals surface area contributed by atoms with Gasteiger partial charge in [-0.1, -0.05) is 6.07 Å². The van der Waals surface area contributed by atoms with Gasteiger partial charge in [0.05, 0.1) is 5.69 Å². The van der Waals surface area contributed by atoms with Crippen LogP contribution in [-0.2, 0) is 4.74 Å². The largest absolute Gasteiger partial charge is 0.381 e. The van der Waals surface area contributed by atoms with Gasteiger partial charge in [0, 0.05) is 61.1 Å². The lowest BCUT2D eigenvalue weighted by molar-refractivity contribution is 0.0540. The second-order valence-electron chi connectivity index (χ2n) is 9.33. The Labute approximate surface area is 177 Å². The maximum Gasteiger partial charge on any atom is 0.148 e. The van der Waals surface area contributed by atoms with Crippen LogP contribution >= 0.6 is 0 Å². The molecule has 30 heavy (non-hydrogen) atoms. The number of aryl methyl sites for hydroxylation is 1. The van der Waals surface area contributed by atoms with E-state index < -0.39 is 0 Å². The molecule has 0 bridgehead atoms. The molecular formula is C24H29N5O. The highest BCUT2D eigenvalue weighted by atomic mass is 16.5. The fourth-order valence-electron chi connectivity index (χ4n) is 5.44. The van der Waals surface area contributed by atoms with Gasteiger partial charge in [-0.3, -0.25) is 0 Å². The third-order valence-electron chi connectivity index (χ3n) is 7.16. The van der Waals surface area contributed by atoms with Crippen LogP contribution in [0.15, 0.2) is 36.4 Å². The topological polar surface area (TPSA) is 66.1 Å². The molecule has 2 aliphatic heterocycles. The van der Waals surface area contributed by atoms with E-state index >= 15 is 0 Å². The molecule has 2 N–H and O–H groups in total. The van der Waals surface area contributed by atoms with Crippen LogP contribution in [0, 0.1) is 24.7 Å². The van der Waals surface area contributed by atoms with Crippen LogP contribution in [0.25, 0.3) is 22.2 Å². The number of likely N-dealkylation sites (tertiary alicyclic amines) is 1. The number of fused-ring (bicyclic) bond motifs is 2. The third kappa shape index (κ3) is 3.48. The zero-order valence-electron chi connectivity index (χ0n) is 17.5. The van der Waals surface area contributed by atoms with Crippen molar-refractivity contribution in [3.05, 3.63) is 42.1 Å². The van der Waals surface area contributed by atoms with E-state index in [9.17, 15) is 0 Å². The van der Waals surface area contributed by atoms with Gasteiger partial charge < -0.3 is 19.9 Å². The van der Waals surface area contributed by atoms with Crippen molar-refractivity contribution >= 4 is 16.7 Å². The summed E-state index contributed by atoms with van der Waals surface area (Å²) in [7, 11) is 0. The van der Waals surface area contributed by atoms with Crippen molar-refractivity contribution in [2.45, 2.75) is 25.8 Å². The fourth-order valence-corrected chi connectivity index (χ4v) is 5.44. The zero-order chi connectivity index (χ0) is 20.1. The summed E-state index contributed by atoms with van der Waals surface area (Å²) in [5, 5.41) is 13.8. The fraction of sp³-hybridized carbons (Fsp3) is 0.500. The van der Waals surface area contributed by atoms with Crippen LogP contribution in [0.5, 0.6) is 0 Å². The standard InChI is InChI=1S/C24H29N5O/c1-15-10-18-11-17(2-3-21(18)25-15)22-4-5-23(28-27-22)26-24-19-13-29(14-20(19)24)12-16-6-8-30-9-7-16/h2-5,10-11,16,19-20,24-25H,6-9,12-14H2,1H3,(H,26,28). The zero-order valence-corrected chi connectivity index (χ0v) is 17.5. The Hall–Kier alpha value is -2.44. The molecule has 1 aliphatic carbocycles. The molecule has 3 aromatic rings. The number of nitrogens with one attached hydrogen (secondary N) is 2. The molecule has 6 nitrogen and oxygen atoms in total. The van der Waals surface area contributed by atoms with Crippen molar-refractivity contribution in [3.8, 4) is 11.3 Å². The molecule has 1 aromatic carbocycles. The van der Waals surface area contributed by atoms with Gasteiger partial charge in [0.2, 0.25) is 0 Å². The van der Waals surface area contributed by atoms with Gasteiger partial charge in [-0.05, 0) is 67.9 Å². The Kier molecular flexibility index (Phi) is 4.50. The van der Waals surface area contributed by atoms with Crippen LogP contribution in [0.1, 0.15) is 18.5 Å². The van der Waals surface area contributed by atoms with Crippen LogP contribution in [0.2, 0.25) is 0 Å². The van der Waals surface area contributed by atoms with Crippen LogP contribution < -0.4 is 5.32 Å². The molecule has 2 atom stereocenters. The lowest BCUT2D eigenvalue weighted by atomic mass is 10.00. The lowest BCUT2D eigenvalue weighted by Gasteiger charge is -2.28. The van der Waals surface area contributed by atoms with Gasteiger partial charge in [0.25, 0.3) is 0 Å². The summed E-state index contributed by atoms with van der Waals surface area (Å²) >= 11 is 0. The molecule has 4 heterocycles. The highest BCUT2D eigenvalue weighted by Crippen LogP contribution is 2.47. The number of nitrogens with zero attached hydrogens (tertiary/aromatic N) is 3. The summed E-state index contributed by atoms with van der Waals surface area (Å²) in [6.07, 6.45) is 2.46. The van der Waals surface area contributed by atoms with E-state index in [4.69, 9.17) is 4.74 Å². The number of aromatic amines is 1. The van der Waals surface area contributed by atoms with Crippen LogP contribution in [-0.4, -0.2) is 59.0 Å². The maximum absolute atomic E-state index is 5.49. The third-order valence-corrected chi connectivity index (χ3v) is 7.16. The monoisotopic (exact) mass is 403 g/mol.